The summed E-state index contributed by atoms with van der Waals surface area (Å²) in [6, 6.07) is 15.3. The largest absolute Gasteiger partial charge is 0.351 e. The zero-order valence-electron chi connectivity index (χ0n) is 11.5. The minimum Gasteiger partial charge on any atom is -0.351 e. The van der Waals surface area contributed by atoms with Crippen LogP contribution in [0, 0.1) is 11.3 Å². The lowest BCUT2D eigenvalue weighted by Crippen LogP contribution is -2.26. The molecule has 0 radical (unpaired) electrons. The minimum absolute atomic E-state index is 0.0797. The Kier molecular flexibility index (Phi) is 5.25. The standard InChI is InChI=1S/C17H15N3O/c18-12-16(11-15-7-4-9-19-13-15)17(21)20-10-8-14-5-2-1-3-6-14/h1-7,9,11,13H,8,10H2,(H,20,21). The highest BCUT2D eigenvalue weighted by atomic mass is 16.1. The van der Waals surface area contributed by atoms with Crippen LogP contribution in [0.5, 0.6) is 0 Å². The SMILES string of the molecule is N#CC(=Cc1cccnc1)C(=O)NCCc1ccccc1. The fourth-order valence-electron chi connectivity index (χ4n) is 1.84. The number of nitrogens with zero attached hydrogens (tertiary/aromatic N) is 2. The Hall–Kier alpha value is -2.93. The molecule has 1 heterocycles. The predicted octanol–water partition coefficient (Wildman–Crippen LogP) is 2.35. The van der Waals surface area contributed by atoms with Crippen LogP contribution in [0.4, 0.5) is 0 Å². The van der Waals surface area contributed by atoms with E-state index in [1.165, 1.54) is 6.08 Å². The van der Waals surface area contributed by atoms with Crippen molar-refractivity contribution < 1.29 is 4.79 Å². The van der Waals surface area contributed by atoms with Crippen LogP contribution in [0.2, 0.25) is 0 Å². The second-order valence-electron chi connectivity index (χ2n) is 4.45. The summed E-state index contributed by atoms with van der Waals surface area (Å²) in [5.74, 6) is -0.364. The number of amides is 1. The molecule has 0 saturated heterocycles. The quantitative estimate of drug-likeness (QED) is 0.674. The van der Waals surface area contributed by atoms with E-state index in [-0.39, 0.29) is 11.5 Å². The highest BCUT2D eigenvalue weighted by molar-refractivity contribution is 6.01. The summed E-state index contributed by atoms with van der Waals surface area (Å²) in [5, 5.41) is 11.8. The molecule has 0 aliphatic carbocycles. The summed E-state index contributed by atoms with van der Waals surface area (Å²) in [7, 11) is 0. The van der Waals surface area contributed by atoms with Gasteiger partial charge < -0.3 is 5.32 Å². The maximum atomic E-state index is 11.9. The van der Waals surface area contributed by atoms with Crippen LogP contribution < -0.4 is 5.32 Å². The van der Waals surface area contributed by atoms with E-state index >= 15 is 0 Å². The Labute approximate surface area is 123 Å². The van der Waals surface area contributed by atoms with Gasteiger partial charge >= 0.3 is 0 Å². The molecule has 0 spiro atoms. The second kappa shape index (κ2) is 7.61. The van der Waals surface area contributed by atoms with Gasteiger partial charge in [0.1, 0.15) is 11.6 Å². The van der Waals surface area contributed by atoms with Crippen LogP contribution in [-0.4, -0.2) is 17.4 Å². The lowest BCUT2D eigenvalue weighted by atomic mass is 10.1. The Morgan fingerprint density at radius 2 is 2.05 bits per heavy atom. The molecular formula is C17H15N3O. The van der Waals surface area contributed by atoms with Crippen molar-refractivity contribution in [3.8, 4) is 6.07 Å². The summed E-state index contributed by atoms with van der Waals surface area (Å²) < 4.78 is 0. The first-order valence-electron chi connectivity index (χ1n) is 6.63. The third kappa shape index (κ3) is 4.59. The van der Waals surface area contributed by atoms with Crippen LogP contribution in [0.1, 0.15) is 11.1 Å². The van der Waals surface area contributed by atoms with Crippen molar-refractivity contribution in [2.45, 2.75) is 6.42 Å². The van der Waals surface area contributed by atoms with E-state index in [0.29, 0.717) is 6.54 Å². The summed E-state index contributed by atoms with van der Waals surface area (Å²) in [6.07, 6.45) is 5.51. The Morgan fingerprint density at radius 3 is 2.71 bits per heavy atom. The molecule has 0 aliphatic rings. The zero-order valence-corrected chi connectivity index (χ0v) is 11.5. The molecule has 0 saturated carbocycles. The lowest BCUT2D eigenvalue weighted by Gasteiger charge is -2.04. The van der Waals surface area contributed by atoms with E-state index in [4.69, 9.17) is 5.26 Å². The molecule has 2 rings (SSSR count). The number of pyridine rings is 1. The molecule has 0 atom stereocenters. The van der Waals surface area contributed by atoms with E-state index in [1.54, 1.807) is 24.5 Å². The van der Waals surface area contributed by atoms with Crippen molar-refractivity contribution in [3.63, 3.8) is 0 Å². The van der Waals surface area contributed by atoms with Crippen molar-refractivity contribution in [1.29, 1.82) is 5.26 Å². The van der Waals surface area contributed by atoms with Crippen molar-refractivity contribution in [3.05, 3.63) is 71.6 Å². The number of carbonyl (C=O) groups excluding carboxylic acids is 1. The van der Waals surface area contributed by atoms with Crippen molar-refractivity contribution in [1.82, 2.24) is 10.3 Å². The van der Waals surface area contributed by atoms with Crippen LogP contribution >= 0.6 is 0 Å². The maximum absolute atomic E-state index is 11.9. The average Bonchev–Trinajstić information content (AvgIpc) is 2.54. The molecule has 21 heavy (non-hydrogen) atoms. The smallest absolute Gasteiger partial charge is 0.261 e. The highest BCUT2D eigenvalue weighted by Crippen LogP contribution is 2.05. The fourth-order valence-corrected chi connectivity index (χ4v) is 1.84. The van der Waals surface area contributed by atoms with Crippen LogP contribution in [0.15, 0.2) is 60.4 Å². The van der Waals surface area contributed by atoms with Gasteiger partial charge in [0.05, 0.1) is 0 Å². The number of nitrogens with one attached hydrogen (secondary N) is 1. The first kappa shape index (κ1) is 14.5. The average molecular weight is 277 g/mol. The van der Waals surface area contributed by atoms with Crippen molar-refractivity contribution in [2.75, 3.05) is 6.54 Å². The van der Waals surface area contributed by atoms with E-state index in [2.05, 4.69) is 10.3 Å². The summed E-state index contributed by atoms with van der Waals surface area (Å²) in [5.41, 5.74) is 1.95. The Bertz CT molecular complexity index is 657. The fraction of sp³-hybridized carbons (Fsp3) is 0.118. The van der Waals surface area contributed by atoms with Gasteiger partial charge in [-0.3, -0.25) is 9.78 Å². The Morgan fingerprint density at radius 1 is 1.24 bits per heavy atom. The van der Waals surface area contributed by atoms with Gasteiger partial charge in [-0.05, 0) is 29.7 Å². The van der Waals surface area contributed by atoms with Gasteiger partial charge in [-0.25, -0.2) is 0 Å². The monoisotopic (exact) mass is 277 g/mol. The molecule has 1 N–H and O–H groups in total. The molecule has 1 amide bonds. The van der Waals surface area contributed by atoms with Gasteiger partial charge in [-0.2, -0.15) is 5.26 Å². The van der Waals surface area contributed by atoms with Gasteiger partial charge in [0.25, 0.3) is 5.91 Å². The summed E-state index contributed by atoms with van der Waals surface area (Å²) in [4.78, 5) is 15.9. The second-order valence-corrected chi connectivity index (χ2v) is 4.45. The van der Waals surface area contributed by atoms with Gasteiger partial charge in [-0.1, -0.05) is 36.4 Å². The molecule has 1 aromatic carbocycles. The van der Waals surface area contributed by atoms with E-state index in [1.807, 2.05) is 36.4 Å². The van der Waals surface area contributed by atoms with Crippen LogP contribution in [-0.2, 0) is 11.2 Å². The zero-order chi connectivity index (χ0) is 14.9. The predicted molar refractivity (Wildman–Crippen MR) is 81.0 cm³/mol. The number of rotatable bonds is 5. The molecule has 0 unspecified atom stereocenters. The molecule has 104 valence electrons. The lowest BCUT2D eigenvalue weighted by molar-refractivity contribution is -0.117. The topological polar surface area (TPSA) is 65.8 Å². The third-order valence-corrected chi connectivity index (χ3v) is 2.90. The molecule has 4 nitrogen and oxygen atoms in total. The first-order chi connectivity index (χ1) is 10.3. The van der Waals surface area contributed by atoms with Crippen molar-refractivity contribution in [2.24, 2.45) is 0 Å². The van der Waals surface area contributed by atoms with E-state index < -0.39 is 0 Å². The normalized spacial score (nSPS) is 10.7. The molecule has 2 aromatic rings. The third-order valence-electron chi connectivity index (χ3n) is 2.90. The maximum Gasteiger partial charge on any atom is 0.261 e. The molecule has 0 fully saturated rings. The number of nitriles is 1. The molecule has 4 heteroatoms. The molecule has 0 bridgehead atoms. The molecular weight excluding hydrogens is 262 g/mol. The summed E-state index contributed by atoms with van der Waals surface area (Å²) >= 11 is 0. The van der Waals surface area contributed by atoms with E-state index in [0.717, 1.165) is 17.5 Å². The van der Waals surface area contributed by atoms with Gasteiger partial charge in [0.2, 0.25) is 0 Å². The van der Waals surface area contributed by atoms with Gasteiger partial charge in [0, 0.05) is 18.9 Å². The molecule has 0 aliphatic heterocycles. The minimum atomic E-state index is -0.364. The number of hydrogen-bond acceptors (Lipinski definition) is 3. The number of benzene rings is 1. The van der Waals surface area contributed by atoms with E-state index in [9.17, 15) is 4.79 Å². The van der Waals surface area contributed by atoms with Crippen molar-refractivity contribution >= 4 is 12.0 Å². The highest BCUT2D eigenvalue weighted by Gasteiger charge is 2.08. The first-order valence-corrected chi connectivity index (χ1v) is 6.63. The van der Waals surface area contributed by atoms with Gasteiger partial charge in [0.15, 0.2) is 0 Å². The molecule has 1 aromatic heterocycles. The van der Waals surface area contributed by atoms with Crippen LogP contribution in [0.25, 0.3) is 6.08 Å². The number of aromatic nitrogens is 1. The Balaban J connectivity index is 1.92. The van der Waals surface area contributed by atoms with Crippen LogP contribution in [0.3, 0.4) is 0 Å². The summed E-state index contributed by atoms with van der Waals surface area (Å²) in [6.45, 7) is 0.495. The van der Waals surface area contributed by atoms with Gasteiger partial charge in [-0.15, -0.1) is 0 Å². The number of hydrogen-bond donors (Lipinski definition) is 1. The number of carbonyl (C=O) groups is 1.